The van der Waals surface area contributed by atoms with E-state index in [1.165, 1.54) is 11.2 Å². The Bertz CT molecular complexity index is 342. The number of hydrogen-bond donors (Lipinski definition) is 0. The van der Waals surface area contributed by atoms with Crippen molar-refractivity contribution in [2.45, 2.75) is 33.2 Å². The molecule has 0 aromatic heterocycles. The summed E-state index contributed by atoms with van der Waals surface area (Å²) in [6.07, 6.45) is 0. The van der Waals surface area contributed by atoms with Crippen molar-refractivity contribution in [3.63, 3.8) is 0 Å². The second kappa shape index (κ2) is 3.20. The number of hydrogen-bond acceptors (Lipinski definition) is 3. The predicted octanol–water partition coefficient (Wildman–Crippen LogP) is 0.194. The van der Waals surface area contributed by atoms with Gasteiger partial charge in [0.2, 0.25) is 5.91 Å². The van der Waals surface area contributed by atoms with Gasteiger partial charge in [-0.15, -0.1) is 0 Å². The minimum absolute atomic E-state index is 0.259. The molecule has 1 aliphatic rings. The van der Waals surface area contributed by atoms with Crippen molar-refractivity contribution in [3.05, 3.63) is 0 Å². The number of nitrogens with zero attached hydrogens (tertiary/aromatic N) is 2. The van der Waals surface area contributed by atoms with Crippen LogP contribution in [0.25, 0.3) is 0 Å². The first-order valence-corrected chi connectivity index (χ1v) is 5.88. The standard InChI is InChI=1S/C8H16N2O3S/c1-7(11)9-5-6-10(8(2,3)4)14(9,12)13/h5-6H2,1-4H3. The lowest BCUT2D eigenvalue weighted by Gasteiger charge is -2.29. The summed E-state index contributed by atoms with van der Waals surface area (Å²) in [7, 11) is -3.57. The van der Waals surface area contributed by atoms with Gasteiger partial charge in [0.15, 0.2) is 0 Å². The number of rotatable bonds is 0. The van der Waals surface area contributed by atoms with Crippen LogP contribution in [-0.2, 0) is 15.0 Å². The summed E-state index contributed by atoms with van der Waals surface area (Å²) < 4.78 is 25.9. The summed E-state index contributed by atoms with van der Waals surface area (Å²) in [6, 6.07) is 0. The van der Waals surface area contributed by atoms with Crippen LogP contribution >= 0.6 is 0 Å². The zero-order valence-corrected chi connectivity index (χ0v) is 9.76. The zero-order valence-electron chi connectivity index (χ0n) is 8.94. The fraction of sp³-hybridized carbons (Fsp3) is 0.875. The number of amides is 1. The van der Waals surface area contributed by atoms with Crippen molar-refractivity contribution in [2.24, 2.45) is 0 Å². The van der Waals surface area contributed by atoms with Crippen molar-refractivity contribution < 1.29 is 13.2 Å². The molecule has 0 aromatic carbocycles. The van der Waals surface area contributed by atoms with Crippen LogP contribution in [0, 0.1) is 0 Å². The van der Waals surface area contributed by atoms with E-state index in [1.807, 2.05) is 20.8 Å². The summed E-state index contributed by atoms with van der Waals surface area (Å²) in [5, 5.41) is 0. The average molecular weight is 220 g/mol. The minimum atomic E-state index is -3.57. The van der Waals surface area contributed by atoms with Gasteiger partial charge in [-0.05, 0) is 20.8 Å². The SMILES string of the molecule is CC(=O)N1CCN(C(C)(C)C)S1(=O)=O. The molecular weight excluding hydrogens is 204 g/mol. The van der Waals surface area contributed by atoms with E-state index in [9.17, 15) is 13.2 Å². The smallest absolute Gasteiger partial charge is 0.274 e. The Morgan fingerprint density at radius 3 is 1.93 bits per heavy atom. The van der Waals surface area contributed by atoms with Crippen molar-refractivity contribution in [1.82, 2.24) is 8.61 Å². The maximum Gasteiger partial charge on any atom is 0.306 e. The highest BCUT2D eigenvalue weighted by atomic mass is 32.2. The molecule has 1 fully saturated rings. The Morgan fingerprint density at radius 1 is 1.21 bits per heavy atom. The molecule has 0 saturated carbocycles. The van der Waals surface area contributed by atoms with Gasteiger partial charge in [0.25, 0.3) is 0 Å². The van der Waals surface area contributed by atoms with Gasteiger partial charge < -0.3 is 0 Å². The normalized spacial score (nSPS) is 22.7. The van der Waals surface area contributed by atoms with Crippen LogP contribution in [0.3, 0.4) is 0 Å². The number of carbonyl (C=O) groups excluding carboxylic acids is 1. The summed E-state index contributed by atoms with van der Waals surface area (Å²) in [6.45, 7) is 7.35. The van der Waals surface area contributed by atoms with Crippen LogP contribution in [-0.4, -0.2) is 41.6 Å². The molecule has 0 aromatic rings. The Balaban J connectivity index is 3.05. The summed E-state index contributed by atoms with van der Waals surface area (Å²) >= 11 is 0. The molecule has 1 heterocycles. The van der Waals surface area contributed by atoms with Crippen LogP contribution in [0.2, 0.25) is 0 Å². The molecule has 0 spiro atoms. The van der Waals surface area contributed by atoms with Crippen LogP contribution in [0.4, 0.5) is 0 Å². The fourth-order valence-electron chi connectivity index (χ4n) is 1.53. The summed E-state index contributed by atoms with van der Waals surface area (Å²) in [4.78, 5) is 11.1. The first kappa shape index (κ1) is 11.5. The molecule has 14 heavy (non-hydrogen) atoms. The fourth-order valence-corrected chi connectivity index (χ4v) is 3.41. The summed E-state index contributed by atoms with van der Waals surface area (Å²) in [5.41, 5.74) is -0.469. The van der Waals surface area contributed by atoms with Gasteiger partial charge in [0.05, 0.1) is 6.54 Å². The van der Waals surface area contributed by atoms with E-state index in [2.05, 4.69) is 0 Å². The maximum absolute atomic E-state index is 11.8. The maximum atomic E-state index is 11.8. The van der Waals surface area contributed by atoms with Gasteiger partial charge in [-0.1, -0.05) is 0 Å². The quantitative estimate of drug-likeness (QED) is 0.585. The van der Waals surface area contributed by atoms with E-state index in [-0.39, 0.29) is 6.54 Å². The molecular formula is C8H16N2O3S. The van der Waals surface area contributed by atoms with E-state index in [0.717, 1.165) is 4.31 Å². The summed E-state index contributed by atoms with van der Waals surface area (Å²) in [5.74, 6) is -0.420. The van der Waals surface area contributed by atoms with E-state index in [1.54, 1.807) is 0 Å². The first-order chi connectivity index (χ1) is 6.17. The minimum Gasteiger partial charge on any atom is -0.274 e. The lowest BCUT2D eigenvalue weighted by Crippen LogP contribution is -2.45. The van der Waals surface area contributed by atoms with Gasteiger partial charge in [0.1, 0.15) is 0 Å². The van der Waals surface area contributed by atoms with E-state index < -0.39 is 21.7 Å². The van der Waals surface area contributed by atoms with Crippen molar-refractivity contribution in [2.75, 3.05) is 13.1 Å². The van der Waals surface area contributed by atoms with E-state index in [4.69, 9.17) is 0 Å². The van der Waals surface area contributed by atoms with Crippen molar-refractivity contribution in [1.29, 1.82) is 0 Å². The topological polar surface area (TPSA) is 57.7 Å². The Hall–Kier alpha value is -0.620. The molecule has 1 amide bonds. The Morgan fingerprint density at radius 2 is 1.71 bits per heavy atom. The average Bonchev–Trinajstić information content (AvgIpc) is 2.22. The second-order valence-electron chi connectivity index (χ2n) is 4.34. The largest absolute Gasteiger partial charge is 0.306 e. The van der Waals surface area contributed by atoms with Gasteiger partial charge in [-0.2, -0.15) is 12.7 Å². The molecule has 6 heteroatoms. The molecule has 82 valence electrons. The van der Waals surface area contributed by atoms with Crippen LogP contribution in [0.1, 0.15) is 27.7 Å². The number of carbonyl (C=O) groups is 1. The molecule has 0 radical (unpaired) electrons. The van der Waals surface area contributed by atoms with Crippen LogP contribution in [0.15, 0.2) is 0 Å². The van der Waals surface area contributed by atoms with Gasteiger partial charge in [-0.3, -0.25) is 4.79 Å². The third kappa shape index (κ3) is 1.76. The third-order valence-electron chi connectivity index (χ3n) is 2.16. The molecule has 1 aliphatic heterocycles. The third-order valence-corrected chi connectivity index (χ3v) is 4.45. The van der Waals surface area contributed by atoms with Crippen LogP contribution < -0.4 is 0 Å². The van der Waals surface area contributed by atoms with Crippen molar-refractivity contribution in [3.8, 4) is 0 Å². The molecule has 1 saturated heterocycles. The lowest BCUT2D eigenvalue weighted by atomic mass is 10.1. The molecule has 0 bridgehead atoms. The molecule has 0 atom stereocenters. The Labute approximate surface area is 84.9 Å². The lowest BCUT2D eigenvalue weighted by molar-refractivity contribution is -0.123. The first-order valence-electron chi connectivity index (χ1n) is 4.48. The molecule has 1 rings (SSSR count). The Kier molecular flexibility index (Phi) is 2.62. The molecule has 5 nitrogen and oxygen atoms in total. The predicted molar refractivity (Wildman–Crippen MR) is 52.8 cm³/mol. The highest BCUT2D eigenvalue weighted by molar-refractivity contribution is 7.87. The monoisotopic (exact) mass is 220 g/mol. The van der Waals surface area contributed by atoms with E-state index in [0.29, 0.717) is 6.54 Å². The molecule has 0 unspecified atom stereocenters. The van der Waals surface area contributed by atoms with Crippen molar-refractivity contribution >= 4 is 16.1 Å². The highest BCUT2D eigenvalue weighted by Crippen LogP contribution is 2.25. The highest BCUT2D eigenvalue weighted by Gasteiger charge is 2.43. The van der Waals surface area contributed by atoms with Gasteiger partial charge >= 0.3 is 10.2 Å². The molecule has 0 aliphatic carbocycles. The van der Waals surface area contributed by atoms with E-state index >= 15 is 0 Å². The molecule has 0 N–H and O–H groups in total. The second-order valence-corrected chi connectivity index (χ2v) is 6.12. The van der Waals surface area contributed by atoms with Gasteiger partial charge in [-0.25, -0.2) is 4.31 Å². The van der Waals surface area contributed by atoms with Crippen LogP contribution in [0.5, 0.6) is 0 Å². The van der Waals surface area contributed by atoms with Gasteiger partial charge in [0, 0.05) is 19.0 Å². The zero-order chi connectivity index (χ0) is 11.1.